The zero-order valence-electron chi connectivity index (χ0n) is 26.9. The number of hydrogen-bond donors (Lipinski definition) is 0. The molecule has 0 N–H and O–H groups in total. The highest BCUT2D eigenvalue weighted by Gasteiger charge is 2.45. The molecule has 17 heteroatoms. The van der Waals surface area contributed by atoms with Gasteiger partial charge in [0.25, 0.3) is 6.43 Å². The van der Waals surface area contributed by atoms with Crippen molar-refractivity contribution >= 4 is 32.5 Å². The maximum absolute atomic E-state index is 15.3. The van der Waals surface area contributed by atoms with Crippen molar-refractivity contribution in [3.8, 4) is 11.1 Å². The first kappa shape index (κ1) is 35.8. The number of halogens is 7. The van der Waals surface area contributed by atoms with Crippen molar-refractivity contribution < 1.29 is 43.9 Å². The van der Waals surface area contributed by atoms with Crippen LogP contribution in [0.25, 0.3) is 22.0 Å². The van der Waals surface area contributed by atoms with E-state index in [2.05, 4.69) is 11.6 Å². The van der Waals surface area contributed by atoms with E-state index in [0.29, 0.717) is 44.1 Å². The van der Waals surface area contributed by atoms with Crippen molar-refractivity contribution in [3.63, 3.8) is 0 Å². The molecule has 0 bridgehead atoms. The predicted molar refractivity (Wildman–Crippen MR) is 171 cm³/mol. The van der Waals surface area contributed by atoms with Gasteiger partial charge in [-0.25, -0.2) is 30.8 Å². The van der Waals surface area contributed by atoms with E-state index in [4.69, 9.17) is 0 Å². The average molecular weight is 730 g/mol. The Morgan fingerprint density at radius 3 is 2.40 bits per heavy atom. The summed E-state index contributed by atoms with van der Waals surface area (Å²) in [5, 5.41) is -0.312. The molecule has 2 saturated heterocycles. The van der Waals surface area contributed by atoms with Gasteiger partial charge in [0.2, 0.25) is 5.91 Å². The Labute approximate surface area is 282 Å². The van der Waals surface area contributed by atoms with Crippen LogP contribution < -0.4 is 10.6 Å². The molecule has 2 fully saturated rings. The maximum atomic E-state index is 15.3. The number of nitrogens with zero attached hydrogens (tertiary/aromatic N) is 5. The van der Waals surface area contributed by atoms with Crippen LogP contribution in [-0.4, -0.2) is 91.2 Å². The molecule has 3 aliphatic rings. The van der Waals surface area contributed by atoms with Crippen LogP contribution in [0, 0.1) is 17.6 Å². The SMILES string of the molecule is C=CC(=O)N1CCN(c2nc(=O)n3c4c(c(-c5ccc(F)cc5F)c(C(F)(F)F)cc24)S(=O)(=O)C[C@@H]3CC2CCN(CC(F)F)CC2)[C@@H](C)C1. The molecule has 3 aromatic rings. The van der Waals surface area contributed by atoms with Crippen molar-refractivity contribution in [1.29, 1.82) is 0 Å². The Hall–Kier alpha value is -3.99. The van der Waals surface area contributed by atoms with Crippen molar-refractivity contribution in [1.82, 2.24) is 19.4 Å². The van der Waals surface area contributed by atoms with Gasteiger partial charge in [-0.3, -0.25) is 14.3 Å². The number of anilines is 1. The van der Waals surface area contributed by atoms with Crippen molar-refractivity contribution in [2.75, 3.05) is 49.9 Å². The first-order valence-electron chi connectivity index (χ1n) is 16.1. The summed E-state index contributed by atoms with van der Waals surface area (Å²) in [6.07, 6.45) is -5.71. The molecular formula is C33H34F7N5O4S. The van der Waals surface area contributed by atoms with E-state index in [1.807, 2.05) is 0 Å². The van der Waals surface area contributed by atoms with Crippen molar-refractivity contribution in [3.05, 3.63) is 64.6 Å². The van der Waals surface area contributed by atoms with Crippen LogP contribution in [0.1, 0.15) is 37.8 Å². The minimum Gasteiger partial charge on any atom is -0.350 e. The number of likely N-dealkylation sites (tertiary alicyclic amines) is 1. The molecule has 3 aliphatic heterocycles. The molecule has 2 aromatic carbocycles. The third-order valence-electron chi connectivity index (χ3n) is 9.83. The smallest absolute Gasteiger partial charge is 0.350 e. The van der Waals surface area contributed by atoms with Gasteiger partial charge in [-0.1, -0.05) is 6.58 Å². The summed E-state index contributed by atoms with van der Waals surface area (Å²) >= 11 is 0. The highest BCUT2D eigenvalue weighted by atomic mass is 32.2. The number of alkyl halides is 5. The lowest BCUT2D eigenvalue weighted by Crippen LogP contribution is -2.54. The topological polar surface area (TPSA) is 95.8 Å². The van der Waals surface area contributed by atoms with Gasteiger partial charge >= 0.3 is 11.9 Å². The van der Waals surface area contributed by atoms with Crippen LogP contribution in [0.2, 0.25) is 0 Å². The molecule has 270 valence electrons. The number of carbonyl (C=O) groups is 1. The van der Waals surface area contributed by atoms with E-state index in [1.165, 1.54) is 9.80 Å². The van der Waals surface area contributed by atoms with E-state index in [9.17, 15) is 44.3 Å². The fourth-order valence-corrected chi connectivity index (χ4v) is 9.56. The molecule has 0 aliphatic carbocycles. The monoisotopic (exact) mass is 729 g/mol. The number of sulfone groups is 1. The number of piperazine rings is 1. The Morgan fingerprint density at radius 1 is 1.10 bits per heavy atom. The van der Waals surface area contributed by atoms with Gasteiger partial charge in [0.1, 0.15) is 22.3 Å². The Bertz CT molecular complexity index is 2010. The molecule has 50 heavy (non-hydrogen) atoms. The first-order chi connectivity index (χ1) is 23.5. The summed E-state index contributed by atoms with van der Waals surface area (Å²) in [6.45, 7) is 5.59. The number of carbonyl (C=O) groups excluding carboxylic acids is 1. The molecule has 0 radical (unpaired) electrons. The van der Waals surface area contributed by atoms with E-state index in [-0.39, 0.29) is 54.6 Å². The lowest BCUT2D eigenvalue weighted by Gasteiger charge is -2.41. The van der Waals surface area contributed by atoms with Crippen LogP contribution in [0.4, 0.5) is 36.6 Å². The summed E-state index contributed by atoms with van der Waals surface area (Å²) in [7, 11) is -4.70. The Kier molecular flexibility index (Phi) is 9.52. The Morgan fingerprint density at radius 2 is 1.80 bits per heavy atom. The molecule has 6 rings (SSSR count). The van der Waals surface area contributed by atoms with E-state index in [0.717, 1.165) is 16.7 Å². The van der Waals surface area contributed by atoms with Gasteiger partial charge in [-0.15, -0.1) is 0 Å². The second kappa shape index (κ2) is 13.3. The number of rotatable bonds is 7. The first-order valence-corrected chi connectivity index (χ1v) is 17.7. The fraction of sp³-hybridized carbons (Fsp3) is 0.485. The van der Waals surface area contributed by atoms with Gasteiger partial charge in [0.15, 0.2) is 9.84 Å². The minimum atomic E-state index is -5.24. The zero-order chi connectivity index (χ0) is 36.3. The van der Waals surface area contributed by atoms with E-state index >= 15 is 4.39 Å². The number of benzene rings is 2. The van der Waals surface area contributed by atoms with Crippen LogP contribution in [0.3, 0.4) is 0 Å². The minimum absolute atomic E-state index is 0.0324. The molecule has 0 saturated carbocycles. The highest BCUT2D eigenvalue weighted by Crippen LogP contribution is 2.49. The average Bonchev–Trinajstić information content (AvgIpc) is 3.03. The third kappa shape index (κ3) is 6.61. The lowest BCUT2D eigenvalue weighted by atomic mass is 9.90. The molecule has 0 unspecified atom stereocenters. The maximum Gasteiger partial charge on any atom is 0.417 e. The quantitative estimate of drug-likeness (QED) is 0.242. The second-order valence-corrected chi connectivity index (χ2v) is 15.0. The normalized spacial score (nSPS) is 21.6. The number of amides is 1. The summed E-state index contributed by atoms with van der Waals surface area (Å²) in [5.74, 6) is -4.13. The third-order valence-corrected chi connectivity index (χ3v) is 11.7. The summed E-state index contributed by atoms with van der Waals surface area (Å²) in [5.41, 5.74) is -4.69. The Balaban J connectivity index is 1.59. The van der Waals surface area contributed by atoms with Crippen molar-refractivity contribution in [2.45, 2.75) is 55.8 Å². The van der Waals surface area contributed by atoms with Gasteiger partial charge in [-0.05, 0) is 69.5 Å². The molecule has 0 spiro atoms. The van der Waals surface area contributed by atoms with E-state index < -0.39 is 85.7 Å². The molecule has 2 atom stereocenters. The van der Waals surface area contributed by atoms with E-state index in [1.54, 1.807) is 11.8 Å². The zero-order valence-corrected chi connectivity index (χ0v) is 27.7. The van der Waals surface area contributed by atoms with Crippen molar-refractivity contribution in [2.24, 2.45) is 5.92 Å². The predicted octanol–water partition coefficient (Wildman–Crippen LogP) is 5.28. The summed E-state index contributed by atoms with van der Waals surface area (Å²) in [4.78, 5) is 34.2. The number of hydrogen-bond acceptors (Lipinski definition) is 7. The molecule has 4 heterocycles. The highest BCUT2D eigenvalue weighted by molar-refractivity contribution is 7.91. The lowest BCUT2D eigenvalue weighted by molar-refractivity contribution is -0.137. The van der Waals surface area contributed by atoms with Crippen LogP contribution in [-0.2, 0) is 20.8 Å². The molecule has 9 nitrogen and oxygen atoms in total. The number of aromatic nitrogens is 2. The van der Waals surface area contributed by atoms with Gasteiger partial charge in [0, 0.05) is 48.3 Å². The molecule has 1 amide bonds. The number of piperidine rings is 1. The second-order valence-electron chi connectivity index (χ2n) is 13.1. The van der Waals surface area contributed by atoms with Gasteiger partial charge in [0.05, 0.1) is 29.4 Å². The fourth-order valence-electron chi connectivity index (χ4n) is 7.57. The van der Waals surface area contributed by atoms with Gasteiger partial charge < -0.3 is 9.80 Å². The molecule has 1 aromatic heterocycles. The standard InChI is InChI=1S/C33H34F7N5O4S/c1-3-27(46)43-10-11-44(18(2)15-43)31-23-14-24(33(38,39)40)28(22-5-4-20(34)13-25(22)35)30-29(23)45(32(47)41-31)21(17-50(30,48)49)12-19-6-8-42(9-7-19)16-26(36)37/h3-5,13-14,18-19,21,26H,1,6-12,15-17H2,2H3/t18-,21-/m0/s1. The largest absolute Gasteiger partial charge is 0.417 e. The van der Waals surface area contributed by atoms with Crippen LogP contribution in [0.15, 0.2) is 46.6 Å². The summed E-state index contributed by atoms with van der Waals surface area (Å²) in [6, 6.07) is 0.781. The summed E-state index contributed by atoms with van der Waals surface area (Å²) < 4.78 is 130. The van der Waals surface area contributed by atoms with Gasteiger partial charge in [-0.2, -0.15) is 18.2 Å². The van der Waals surface area contributed by atoms with Crippen LogP contribution in [0.5, 0.6) is 0 Å². The van der Waals surface area contributed by atoms with Crippen LogP contribution >= 0.6 is 0 Å². The molecular weight excluding hydrogens is 695 g/mol.